The molecule has 1 aliphatic heterocycles. The Labute approximate surface area is 97.7 Å². The lowest BCUT2D eigenvalue weighted by atomic mass is 10.1. The zero-order chi connectivity index (χ0) is 11.6. The van der Waals surface area contributed by atoms with Crippen LogP contribution in [0.25, 0.3) is 0 Å². The van der Waals surface area contributed by atoms with Gasteiger partial charge in [-0.15, -0.1) is 0 Å². The molecule has 1 heterocycles. The van der Waals surface area contributed by atoms with Gasteiger partial charge in [-0.3, -0.25) is 0 Å². The van der Waals surface area contributed by atoms with Crippen molar-refractivity contribution >= 4 is 5.97 Å². The summed E-state index contributed by atoms with van der Waals surface area (Å²) in [6, 6.07) is 0. The summed E-state index contributed by atoms with van der Waals surface area (Å²) in [5, 5.41) is 3.25. The van der Waals surface area contributed by atoms with Crippen molar-refractivity contribution in [2.24, 2.45) is 0 Å². The Hall–Kier alpha value is -0.610. The fourth-order valence-electron chi connectivity index (χ4n) is 1.73. The maximum absolute atomic E-state index is 11.3. The molecule has 0 aliphatic carbocycles. The molecule has 0 bridgehead atoms. The molecule has 0 amide bonds. The van der Waals surface area contributed by atoms with Crippen LogP contribution in [0.15, 0.2) is 0 Å². The van der Waals surface area contributed by atoms with Gasteiger partial charge in [0.2, 0.25) is 0 Å². The summed E-state index contributed by atoms with van der Waals surface area (Å²) in [5.41, 5.74) is 0. The summed E-state index contributed by atoms with van der Waals surface area (Å²) in [6.07, 6.45) is 5.41. The highest BCUT2D eigenvalue weighted by atomic mass is 16.6. The van der Waals surface area contributed by atoms with Crippen molar-refractivity contribution in [2.75, 3.05) is 26.3 Å². The first kappa shape index (κ1) is 13.5. The number of hydrogen-bond acceptors (Lipinski definition) is 4. The van der Waals surface area contributed by atoms with Gasteiger partial charge >= 0.3 is 5.97 Å². The molecule has 0 saturated carbocycles. The number of piperidine rings is 1. The van der Waals surface area contributed by atoms with Crippen LogP contribution in [0.3, 0.4) is 0 Å². The first-order chi connectivity index (χ1) is 7.83. The van der Waals surface area contributed by atoms with E-state index in [9.17, 15) is 4.79 Å². The number of carbonyl (C=O) groups excluding carboxylic acids is 1. The molecule has 0 unspecified atom stereocenters. The highest BCUT2D eigenvalue weighted by Crippen LogP contribution is 2.06. The Bertz CT molecular complexity index is 191. The zero-order valence-electron chi connectivity index (χ0n) is 10.2. The first-order valence-corrected chi connectivity index (χ1v) is 6.31. The normalized spacial score (nSPS) is 17.3. The molecule has 1 saturated heterocycles. The molecule has 1 fully saturated rings. The van der Waals surface area contributed by atoms with Gasteiger partial charge in [0, 0.05) is 0 Å². The fourth-order valence-corrected chi connectivity index (χ4v) is 1.73. The quantitative estimate of drug-likeness (QED) is 0.531. The van der Waals surface area contributed by atoms with Gasteiger partial charge in [0.05, 0.1) is 12.7 Å². The molecule has 0 atom stereocenters. The Morgan fingerprint density at radius 2 is 2.06 bits per heavy atom. The smallest absolute Gasteiger partial charge is 0.332 e. The fraction of sp³-hybridized carbons (Fsp3) is 0.917. The average molecular weight is 229 g/mol. The lowest BCUT2D eigenvalue weighted by Crippen LogP contribution is -2.33. The van der Waals surface area contributed by atoms with Crippen LogP contribution in [-0.2, 0) is 14.3 Å². The molecule has 0 aromatic carbocycles. The molecule has 4 heteroatoms. The van der Waals surface area contributed by atoms with E-state index in [4.69, 9.17) is 9.47 Å². The van der Waals surface area contributed by atoms with Crippen molar-refractivity contribution in [3.63, 3.8) is 0 Å². The van der Waals surface area contributed by atoms with Gasteiger partial charge in [0.15, 0.2) is 0 Å². The predicted molar refractivity (Wildman–Crippen MR) is 62.3 cm³/mol. The molecule has 0 spiro atoms. The summed E-state index contributed by atoms with van der Waals surface area (Å²) in [7, 11) is 0. The summed E-state index contributed by atoms with van der Waals surface area (Å²) in [6.45, 7) is 4.73. The average Bonchev–Trinajstić information content (AvgIpc) is 2.33. The van der Waals surface area contributed by atoms with E-state index in [-0.39, 0.29) is 18.7 Å². The van der Waals surface area contributed by atoms with E-state index in [1.165, 1.54) is 0 Å². The topological polar surface area (TPSA) is 47.6 Å². The molecule has 94 valence electrons. The molecule has 0 aromatic rings. The molecular formula is C12H23NO3. The Morgan fingerprint density at radius 1 is 1.31 bits per heavy atom. The van der Waals surface area contributed by atoms with E-state index < -0.39 is 0 Å². The van der Waals surface area contributed by atoms with Crippen molar-refractivity contribution < 1.29 is 14.3 Å². The van der Waals surface area contributed by atoms with Gasteiger partial charge in [-0.1, -0.05) is 19.8 Å². The lowest BCUT2D eigenvalue weighted by Gasteiger charge is -2.22. The molecule has 0 aromatic heterocycles. The summed E-state index contributed by atoms with van der Waals surface area (Å²) in [4.78, 5) is 11.3. The summed E-state index contributed by atoms with van der Waals surface area (Å²) < 4.78 is 10.5. The van der Waals surface area contributed by atoms with Gasteiger partial charge in [0.1, 0.15) is 6.61 Å². The van der Waals surface area contributed by atoms with Crippen LogP contribution in [0.2, 0.25) is 0 Å². The van der Waals surface area contributed by atoms with Gasteiger partial charge < -0.3 is 14.8 Å². The van der Waals surface area contributed by atoms with Crippen molar-refractivity contribution in [1.82, 2.24) is 5.32 Å². The Balaban J connectivity index is 1.96. The highest BCUT2D eigenvalue weighted by Gasteiger charge is 2.15. The maximum Gasteiger partial charge on any atom is 0.332 e. The third kappa shape index (κ3) is 6.08. The van der Waals surface area contributed by atoms with Crippen molar-refractivity contribution in [3.05, 3.63) is 0 Å². The number of hydrogen-bond donors (Lipinski definition) is 1. The Morgan fingerprint density at radius 3 is 2.75 bits per heavy atom. The molecule has 1 N–H and O–H groups in total. The summed E-state index contributed by atoms with van der Waals surface area (Å²) in [5.74, 6) is -0.227. The molecule has 0 radical (unpaired) electrons. The van der Waals surface area contributed by atoms with Gasteiger partial charge in [-0.05, 0) is 32.4 Å². The number of carbonyl (C=O) groups is 1. The highest BCUT2D eigenvalue weighted by molar-refractivity contribution is 5.70. The van der Waals surface area contributed by atoms with E-state index in [1.54, 1.807) is 0 Å². The van der Waals surface area contributed by atoms with Crippen LogP contribution < -0.4 is 5.32 Å². The van der Waals surface area contributed by atoms with Gasteiger partial charge in [-0.2, -0.15) is 0 Å². The lowest BCUT2D eigenvalue weighted by molar-refractivity contribution is -0.151. The second kappa shape index (κ2) is 8.53. The molecule has 4 nitrogen and oxygen atoms in total. The molecular weight excluding hydrogens is 206 g/mol. The van der Waals surface area contributed by atoms with Crippen LogP contribution in [0, 0.1) is 0 Å². The van der Waals surface area contributed by atoms with Gasteiger partial charge in [-0.25, -0.2) is 4.79 Å². The largest absolute Gasteiger partial charge is 0.464 e. The number of nitrogens with one attached hydrogen (secondary N) is 1. The Kier molecular flexibility index (Phi) is 7.17. The number of ether oxygens (including phenoxy) is 2. The van der Waals surface area contributed by atoms with E-state index >= 15 is 0 Å². The van der Waals surface area contributed by atoms with Crippen molar-refractivity contribution in [3.8, 4) is 0 Å². The minimum Gasteiger partial charge on any atom is -0.464 e. The first-order valence-electron chi connectivity index (χ1n) is 6.31. The number of rotatable bonds is 7. The molecule has 1 rings (SSSR count). The van der Waals surface area contributed by atoms with Crippen LogP contribution in [-0.4, -0.2) is 38.4 Å². The van der Waals surface area contributed by atoms with E-state index in [0.29, 0.717) is 6.61 Å². The standard InChI is InChI=1S/C12H23NO3/c1-2-3-4-9-15-12(14)10-16-11-5-7-13-8-6-11/h11,13H,2-10H2,1H3. The van der Waals surface area contributed by atoms with Crippen molar-refractivity contribution in [1.29, 1.82) is 0 Å². The van der Waals surface area contributed by atoms with Crippen molar-refractivity contribution in [2.45, 2.75) is 45.1 Å². The second-order valence-electron chi connectivity index (χ2n) is 4.19. The van der Waals surface area contributed by atoms with Gasteiger partial charge in [0.25, 0.3) is 0 Å². The number of esters is 1. The third-order valence-corrected chi connectivity index (χ3v) is 2.73. The van der Waals surface area contributed by atoms with E-state index in [2.05, 4.69) is 12.2 Å². The second-order valence-corrected chi connectivity index (χ2v) is 4.19. The van der Waals surface area contributed by atoms with E-state index in [0.717, 1.165) is 45.2 Å². The third-order valence-electron chi connectivity index (χ3n) is 2.73. The maximum atomic E-state index is 11.3. The van der Waals surface area contributed by atoms with Crippen LogP contribution in [0.4, 0.5) is 0 Å². The van der Waals surface area contributed by atoms with E-state index in [1.807, 2.05) is 0 Å². The molecule has 16 heavy (non-hydrogen) atoms. The monoisotopic (exact) mass is 229 g/mol. The SMILES string of the molecule is CCCCCOC(=O)COC1CCNCC1. The minimum atomic E-state index is -0.227. The predicted octanol–water partition coefficient (Wildman–Crippen LogP) is 1.49. The zero-order valence-corrected chi connectivity index (χ0v) is 10.2. The number of unbranched alkanes of at least 4 members (excludes halogenated alkanes) is 2. The molecule has 1 aliphatic rings. The minimum absolute atomic E-state index is 0.108. The summed E-state index contributed by atoms with van der Waals surface area (Å²) >= 11 is 0. The van der Waals surface area contributed by atoms with Crippen LogP contribution >= 0.6 is 0 Å². The van der Waals surface area contributed by atoms with Crippen LogP contribution in [0.5, 0.6) is 0 Å². The van der Waals surface area contributed by atoms with Crippen LogP contribution in [0.1, 0.15) is 39.0 Å².